The van der Waals surface area contributed by atoms with E-state index in [1.807, 2.05) is 16.8 Å². The summed E-state index contributed by atoms with van der Waals surface area (Å²) < 4.78 is 2.02. The average molecular weight is 465 g/mol. The predicted octanol–water partition coefficient (Wildman–Crippen LogP) is 5.64. The van der Waals surface area contributed by atoms with Gasteiger partial charge in [-0.15, -0.1) is 5.10 Å². The molecule has 4 rings (SSSR count). The molecular weight excluding hydrogens is 424 g/mol. The van der Waals surface area contributed by atoms with Crippen LogP contribution in [0.2, 0.25) is 0 Å². The second-order valence-electron chi connectivity index (χ2n) is 10.6. The van der Waals surface area contributed by atoms with E-state index in [-0.39, 0.29) is 17.1 Å². The molecule has 7 nitrogen and oxygen atoms in total. The Kier molecular flexibility index (Phi) is 7.51. The number of aryl methyl sites for hydroxylation is 1. The van der Waals surface area contributed by atoms with Gasteiger partial charge in [0.15, 0.2) is 5.82 Å². The third-order valence-electron chi connectivity index (χ3n) is 7.67. The van der Waals surface area contributed by atoms with Crippen LogP contribution in [0.4, 0.5) is 0 Å². The minimum Gasteiger partial charge on any atom is -0.322 e. The van der Waals surface area contributed by atoms with Gasteiger partial charge in [-0.1, -0.05) is 51.2 Å². The summed E-state index contributed by atoms with van der Waals surface area (Å²) in [5, 5.41) is 14.2. The van der Waals surface area contributed by atoms with E-state index < -0.39 is 0 Å². The maximum atomic E-state index is 13.1. The van der Waals surface area contributed by atoms with Gasteiger partial charge in [-0.3, -0.25) is 9.69 Å². The molecule has 0 bridgehead atoms. The topological polar surface area (TPSA) is 79.7 Å². The third-order valence-corrected chi connectivity index (χ3v) is 7.67. The van der Waals surface area contributed by atoms with Gasteiger partial charge in [0.1, 0.15) is 0 Å². The lowest BCUT2D eigenvalue weighted by Gasteiger charge is -2.40. The molecule has 0 amide bonds. The first kappa shape index (κ1) is 24.6. The molecule has 0 spiro atoms. The fraction of sp³-hybridized carbons (Fsp3) is 0.630. The molecule has 0 aliphatic heterocycles. The van der Waals surface area contributed by atoms with Gasteiger partial charge in [0.25, 0.3) is 5.56 Å². The molecule has 1 saturated carbocycles. The molecule has 1 aromatic carbocycles. The zero-order valence-corrected chi connectivity index (χ0v) is 21.5. The first-order valence-corrected chi connectivity index (χ1v) is 13.0. The first-order valence-electron chi connectivity index (χ1n) is 13.0. The van der Waals surface area contributed by atoms with Crippen LogP contribution in [0.5, 0.6) is 0 Å². The molecule has 1 unspecified atom stereocenters. The van der Waals surface area contributed by atoms with Crippen molar-refractivity contribution in [1.82, 2.24) is 30.1 Å². The van der Waals surface area contributed by atoms with Crippen molar-refractivity contribution in [3.05, 3.63) is 51.6 Å². The molecule has 1 aliphatic carbocycles. The summed E-state index contributed by atoms with van der Waals surface area (Å²) in [6.07, 6.45) is 9.00. The van der Waals surface area contributed by atoms with Gasteiger partial charge in [0, 0.05) is 23.7 Å². The zero-order chi connectivity index (χ0) is 24.3. The summed E-state index contributed by atoms with van der Waals surface area (Å²) in [5.41, 5.74) is 2.74. The summed E-state index contributed by atoms with van der Waals surface area (Å²) in [5.74, 6) is 0.923. The molecule has 0 saturated heterocycles. The largest absolute Gasteiger partial charge is 0.322 e. The standard InChI is InChI=1S/C27H40N6O/c1-6-11-24(25-29-30-31-33(25)27(4,5)7-2)32(22-12-9-8-10-13-22)18-21-17-20-16-19(3)14-15-23(20)28-26(21)34/h14-17,22,24H,6-13,18H2,1-5H3,(H,28,34). The van der Waals surface area contributed by atoms with Gasteiger partial charge in [0.05, 0.1) is 11.6 Å². The van der Waals surface area contributed by atoms with Gasteiger partial charge in [-0.2, -0.15) is 0 Å². The van der Waals surface area contributed by atoms with Crippen molar-refractivity contribution >= 4 is 10.9 Å². The second-order valence-corrected chi connectivity index (χ2v) is 10.6. The van der Waals surface area contributed by atoms with E-state index >= 15 is 0 Å². The Morgan fingerprint density at radius 3 is 2.65 bits per heavy atom. The number of rotatable bonds is 9. The molecule has 2 aromatic heterocycles. The maximum absolute atomic E-state index is 13.1. The number of aromatic amines is 1. The summed E-state index contributed by atoms with van der Waals surface area (Å²) in [7, 11) is 0. The van der Waals surface area contributed by atoms with Crippen molar-refractivity contribution in [2.24, 2.45) is 0 Å². The van der Waals surface area contributed by atoms with E-state index in [9.17, 15) is 4.79 Å². The van der Waals surface area contributed by atoms with Crippen molar-refractivity contribution in [1.29, 1.82) is 0 Å². The second kappa shape index (κ2) is 10.4. The predicted molar refractivity (Wildman–Crippen MR) is 137 cm³/mol. The van der Waals surface area contributed by atoms with Gasteiger partial charge < -0.3 is 4.98 Å². The highest BCUT2D eigenvalue weighted by Crippen LogP contribution is 2.35. The van der Waals surface area contributed by atoms with Crippen LogP contribution in [-0.4, -0.2) is 36.1 Å². The number of hydrogen-bond acceptors (Lipinski definition) is 5. The Bertz CT molecular complexity index is 1160. The lowest BCUT2D eigenvalue weighted by Crippen LogP contribution is -2.42. The first-order chi connectivity index (χ1) is 16.3. The highest BCUT2D eigenvalue weighted by Gasteiger charge is 2.35. The van der Waals surface area contributed by atoms with Crippen LogP contribution in [0.1, 0.15) is 102 Å². The van der Waals surface area contributed by atoms with E-state index in [2.05, 4.69) is 72.2 Å². The summed E-state index contributed by atoms with van der Waals surface area (Å²) in [6, 6.07) is 8.76. The van der Waals surface area contributed by atoms with Crippen molar-refractivity contribution in [3.8, 4) is 0 Å². The fourth-order valence-electron chi connectivity index (χ4n) is 5.29. The number of fused-ring (bicyclic) bond motifs is 1. The van der Waals surface area contributed by atoms with E-state index in [0.29, 0.717) is 12.6 Å². The van der Waals surface area contributed by atoms with Crippen LogP contribution in [0.15, 0.2) is 29.1 Å². The molecule has 1 atom stereocenters. The lowest BCUT2D eigenvalue weighted by atomic mass is 9.91. The van der Waals surface area contributed by atoms with Crippen molar-refractivity contribution in [2.45, 2.75) is 110 Å². The Balaban J connectivity index is 1.78. The molecule has 1 fully saturated rings. The summed E-state index contributed by atoms with van der Waals surface area (Å²) in [4.78, 5) is 18.8. The number of benzene rings is 1. The highest BCUT2D eigenvalue weighted by atomic mass is 16.1. The maximum Gasteiger partial charge on any atom is 0.252 e. The van der Waals surface area contributed by atoms with Crippen LogP contribution < -0.4 is 5.56 Å². The summed E-state index contributed by atoms with van der Waals surface area (Å²) >= 11 is 0. The van der Waals surface area contributed by atoms with Crippen molar-refractivity contribution in [2.75, 3.05) is 0 Å². The number of H-pyrrole nitrogens is 1. The lowest BCUT2D eigenvalue weighted by molar-refractivity contribution is 0.0770. The number of nitrogens with one attached hydrogen (secondary N) is 1. The molecule has 1 aliphatic rings. The molecule has 2 heterocycles. The smallest absolute Gasteiger partial charge is 0.252 e. The molecule has 3 aromatic rings. The number of pyridine rings is 1. The molecule has 34 heavy (non-hydrogen) atoms. The Morgan fingerprint density at radius 1 is 1.18 bits per heavy atom. The molecule has 184 valence electrons. The van der Waals surface area contributed by atoms with Crippen LogP contribution in [0.25, 0.3) is 10.9 Å². The van der Waals surface area contributed by atoms with Crippen molar-refractivity contribution < 1.29 is 0 Å². The SMILES string of the molecule is CCCC(c1nnnn1C(C)(C)CC)N(Cc1cc2cc(C)ccc2[nH]c1=O)C1CCCCC1. The molecular formula is C27H40N6O. The quantitative estimate of drug-likeness (QED) is 0.443. The monoisotopic (exact) mass is 464 g/mol. The van der Waals surface area contributed by atoms with Crippen LogP contribution in [0, 0.1) is 6.92 Å². The average Bonchev–Trinajstić information content (AvgIpc) is 3.33. The van der Waals surface area contributed by atoms with Crippen LogP contribution in [0.3, 0.4) is 0 Å². The van der Waals surface area contributed by atoms with E-state index in [1.54, 1.807) is 0 Å². The fourth-order valence-corrected chi connectivity index (χ4v) is 5.29. The van der Waals surface area contributed by atoms with E-state index in [0.717, 1.165) is 54.4 Å². The van der Waals surface area contributed by atoms with E-state index in [4.69, 9.17) is 0 Å². The number of tetrazole rings is 1. The van der Waals surface area contributed by atoms with E-state index in [1.165, 1.54) is 24.8 Å². The Hall–Kier alpha value is -2.54. The van der Waals surface area contributed by atoms with Gasteiger partial charge in [-0.05, 0) is 80.5 Å². The van der Waals surface area contributed by atoms with Crippen LogP contribution in [-0.2, 0) is 12.1 Å². The molecule has 0 radical (unpaired) electrons. The molecule has 7 heteroatoms. The van der Waals surface area contributed by atoms with Gasteiger partial charge in [0.2, 0.25) is 0 Å². The third kappa shape index (κ3) is 5.09. The highest BCUT2D eigenvalue weighted by molar-refractivity contribution is 5.79. The van der Waals surface area contributed by atoms with Crippen molar-refractivity contribution in [3.63, 3.8) is 0 Å². The minimum absolute atomic E-state index is 0.000825. The zero-order valence-electron chi connectivity index (χ0n) is 21.5. The normalized spacial score (nSPS) is 16.4. The molecule has 1 N–H and O–H groups in total. The van der Waals surface area contributed by atoms with Crippen LogP contribution >= 0.6 is 0 Å². The number of hydrogen-bond donors (Lipinski definition) is 1. The summed E-state index contributed by atoms with van der Waals surface area (Å²) in [6.45, 7) is 11.5. The minimum atomic E-state index is -0.166. The van der Waals surface area contributed by atoms with Gasteiger partial charge >= 0.3 is 0 Å². The Morgan fingerprint density at radius 2 is 1.94 bits per heavy atom. The number of aromatic nitrogens is 5. The number of nitrogens with zero attached hydrogens (tertiary/aromatic N) is 5. The Labute approximate surface area is 202 Å². The van der Waals surface area contributed by atoms with Gasteiger partial charge in [-0.25, -0.2) is 4.68 Å².